The van der Waals surface area contributed by atoms with Crippen LogP contribution in [-0.4, -0.2) is 38.4 Å². The second kappa shape index (κ2) is 14.8. The van der Waals surface area contributed by atoms with E-state index in [4.69, 9.17) is 19.4 Å². The van der Waals surface area contributed by atoms with Gasteiger partial charge in [0, 0.05) is 17.8 Å². The molecule has 0 fully saturated rings. The highest BCUT2D eigenvalue weighted by molar-refractivity contribution is 6.74. The van der Waals surface area contributed by atoms with Gasteiger partial charge < -0.3 is 13.9 Å². The quantitative estimate of drug-likeness (QED) is 0.0598. The lowest BCUT2D eigenvalue weighted by Gasteiger charge is -2.37. The minimum absolute atomic E-state index is 0.0916. The van der Waals surface area contributed by atoms with E-state index >= 15 is 0 Å². The lowest BCUT2D eigenvalue weighted by atomic mass is 9.93. The van der Waals surface area contributed by atoms with Crippen molar-refractivity contribution in [2.24, 2.45) is 11.0 Å². The summed E-state index contributed by atoms with van der Waals surface area (Å²) in [7, 11) is -2.31. The number of carbonyl (C=O) groups excluding carboxylic acids is 3. The molecule has 43 heavy (non-hydrogen) atoms. The minimum Gasteiger partial charge on any atom is -0.543 e. The highest BCUT2D eigenvalue weighted by Gasteiger charge is 2.40. The third-order valence-corrected chi connectivity index (χ3v) is 12.3. The fourth-order valence-corrected chi connectivity index (χ4v) is 5.43. The van der Waals surface area contributed by atoms with Gasteiger partial charge in [-0.3, -0.25) is 4.79 Å². The van der Waals surface area contributed by atoms with Gasteiger partial charge in [0.1, 0.15) is 23.5 Å². The van der Waals surface area contributed by atoms with Gasteiger partial charge in [-0.05, 0) is 77.4 Å². The molecule has 228 valence electrons. The van der Waals surface area contributed by atoms with Crippen LogP contribution in [0, 0.1) is 5.92 Å². The van der Waals surface area contributed by atoms with E-state index in [2.05, 4.69) is 43.9 Å². The average Bonchev–Trinajstić information content (AvgIpc) is 2.94. The number of hydrogen-bond acceptors (Lipinski definition) is 6. The van der Waals surface area contributed by atoms with E-state index in [0.29, 0.717) is 29.7 Å². The number of allylic oxidation sites excluding steroid dienone is 2. The van der Waals surface area contributed by atoms with E-state index in [0.717, 1.165) is 11.6 Å². The molecule has 0 aromatic heterocycles. The normalized spacial score (nSPS) is 19.7. The number of azide groups is 1. The number of rotatable bonds is 7. The monoisotopic (exact) mass is 603 g/mol. The first-order chi connectivity index (χ1) is 20.3. The maximum atomic E-state index is 13.9. The van der Waals surface area contributed by atoms with Crippen molar-refractivity contribution in [2.45, 2.75) is 83.7 Å². The third-order valence-electron chi connectivity index (χ3n) is 7.97. The molecule has 1 unspecified atom stereocenters. The molecule has 1 heterocycles. The van der Waals surface area contributed by atoms with Gasteiger partial charge in [-0.1, -0.05) is 76.3 Å². The molecule has 1 aliphatic rings. The fourth-order valence-electron chi connectivity index (χ4n) is 4.40. The van der Waals surface area contributed by atoms with Crippen molar-refractivity contribution < 1.29 is 28.3 Å². The summed E-state index contributed by atoms with van der Waals surface area (Å²) in [6.45, 7) is 12.6. The zero-order valence-corrected chi connectivity index (χ0v) is 26.8. The summed E-state index contributed by atoms with van der Waals surface area (Å²) in [6, 6.07) is 14.3. The number of nitrogens with zero attached hydrogens (tertiary/aromatic N) is 3. The Labute approximate surface area is 254 Å². The van der Waals surface area contributed by atoms with E-state index in [1.807, 2.05) is 37.3 Å². The lowest BCUT2D eigenvalue weighted by Crippen LogP contribution is -2.44. The average molecular weight is 604 g/mol. The second-order valence-electron chi connectivity index (χ2n) is 12.3. The number of fused-ring (bicyclic) bond motifs is 1. The van der Waals surface area contributed by atoms with Crippen LogP contribution in [0.3, 0.4) is 0 Å². The highest BCUT2D eigenvalue weighted by atomic mass is 28.4. The van der Waals surface area contributed by atoms with E-state index in [9.17, 15) is 14.4 Å². The maximum absolute atomic E-state index is 13.9. The number of hydrogen-bond donors (Lipinski definition) is 0. The van der Waals surface area contributed by atoms with Gasteiger partial charge in [0.15, 0.2) is 0 Å². The van der Waals surface area contributed by atoms with Crippen molar-refractivity contribution in [1.29, 1.82) is 0 Å². The molecule has 2 aromatic rings. The molecule has 0 spiro atoms. The zero-order chi connectivity index (χ0) is 31.6. The number of ether oxygens (including phenoxy) is 2. The van der Waals surface area contributed by atoms with Crippen LogP contribution in [0.25, 0.3) is 10.4 Å². The first kappa shape index (κ1) is 33.4. The molecule has 1 aliphatic heterocycles. The molecule has 0 aliphatic carbocycles. The van der Waals surface area contributed by atoms with Crippen molar-refractivity contribution >= 4 is 26.2 Å². The van der Waals surface area contributed by atoms with Crippen molar-refractivity contribution in [3.05, 3.63) is 100.0 Å². The predicted molar refractivity (Wildman–Crippen MR) is 168 cm³/mol. The van der Waals surface area contributed by atoms with Gasteiger partial charge in [0.05, 0.1) is 5.56 Å². The van der Waals surface area contributed by atoms with Crippen LogP contribution in [-0.2, 0) is 20.7 Å². The van der Waals surface area contributed by atoms with Crippen LogP contribution in [0.2, 0.25) is 18.1 Å². The Morgan fingerprint density at radius 2 is 1.84 bits per heavy atom. The van der Waals surface area contributed by atoms with Gasteiger partial charge in [-0.2, -0.15) is 0 Å². The molecule has 2 aromatic carbocycles. The highest BCUT2D eigenvalue weighted by Crippen LogP contribution is 2.39. The number of benzene rings is 2. The number of esters is 2. The Bertz CT molecular complexity index is 1410. The number of amides is 1. The standard InChI is InChI=1S/C33H41N3O6Si/c1-23-14-10-11-15-24-18-12-20-27(42-43(5,6)33(2,3)4)30(24)32(39)40-26(19-13-21-29(37)35-36-34)22-28(23)41-31(38)25-16-8-7-9-17-25/h7-13,16-18,20-21,23,26,28H,14-15,19,22H2,1-6H3/t23-,26?,28+/m0/s1. The van der Waals surface area contributed by atoms with Crippen molar-refractivity contribution in [3.63, 3.8) is 0 Å². The summed E-state index contributed by atoms with van der Waals surface area (Å²) in [5.41, 5.74) is 10.1. The van der Waals surface area contributed by atoms with Crippen LogP contribution in [0.4, 0.5) is 0 Å². The number of carbonyl (C=O) groups is 3. The lowest BCUT2D eigenvalue weighted by molar-refractivity contribution is -0.113. The molecule has 3 rings (SSSR count). The Balaban J connectivity index is 2.01. The van der Waals surface area contributed by atoms with Crippen LogP contribution < -0.4 is 4.43 Å². The zero-order valence-electron chi connectivity index (χ0n) is 25.8. The van der Waals surface area contributed by atoms with E-state index < -0.39 is 38.4 Å². The summed E-state index contributed by atoms with van der Waals surface area (Å²) < 4.78 is 18.7. The molecule has 10 heteroatoms. The molecule has 0 radical (unpaired) electrons. The predicted octanol–water partition coefficient (Wildman–Crippen LogP) is 8.13. The largest absolute Gasteiger partial charge is 0.543 e. The van der Waals surface area contributed by atoms with E-state index in [-0.39, 0.29) is 23.8 Å². The second-order valence-corrected chi connectivity index (χ2v) is 17.0. The Morgan fingerprint density at radius 3 is 2.51 bits per heavy atom. The molecule has 1 amide bonds. The molecule has 0 saturated carbocycles. The van der Waals surface area contributed by atoms with E-state index in [1.165, 1.54) is 6.08 Å². The van der Waals surface area contributed by atoms with Crippen LogP contribution in [0.1, 0.15) is 73.2 Å². The Kier molecular flexibility index (Phi) is 11.5. The summed E-state index contributed by atoms with van der Waals surface area (Å²) in [4.78, 5) is 41.3. The van der Waals surface area contributed by atoms with Gasteiger partial charge in [0.2, 0.25) is 5.91 Å². The number of cyclic esters (lactones) is 1. The topological polar surface area (TPSA) is 128 Å². The van der Waals surface area contributed by atoms with Crippen LogP contribution >= 0.6 is 0 Å². The molecule has 0 N–H and O–H groups in total. The maximum Gasteiger partial charge on any atom is 0.342 e. The van der Waals surface area contributed by atoms with E-state index in [1.54, 1.807) is 30.3 Å². The Morgan fingerprint density at radius 1 is 1.12 bits per heavy atom. The van der Waals surface area contributed by atoms with Crippen molar-refractivity contribution in [3.8, 4) is 5.75 Å². The molecular formula is C33H41N3O6Si. The summed E-state index contributed by atoms with van der Waals surface area (Å²) in [5.74, 6) is -1.40. The summed E-state index contributed by atoms with van der Waals surface area (Å²) in [6.07, 6.45) is 6.81. The van der Waals surface area contributed by atoms with Gasteiger partial charge in [-0.15, -0.1) is 0 Å². The summed E-state index contributed by atoms with van der Waals surface area (Å²) >= 11 is 0. The first-order valence-corrected chi connectivity index (χ1v) is 17.4. The fraction of sp³-hybridized carbons (Fsp3) is 0.424. The summed E-state index contributed by atoms with van der Waals surface area (Å²) in [5, 5.41) is 2.96. The molecule has 3 atom stereocenters. The Hall–Kier alpha value is -4.14. The third kappa shape index (κ3) is 9.43. The molecule has 0 bridgehead atoms. The van der Waals surface area contributed by atoms with Crippen LogP contribution in [0.5, 0.6) is 5.75 Å². The van der Waals surface area contributed by atoms with Gasteiger partial charge in [0.25, 0.3) is 8.32 Å². The molecule has 9 nitrogen and oxygen atoms in total. The molecular weight excluding hydrogens is 562 g/mol. The minimum atomic E-state index is -2.31. The first-order valence-electron chi connectivity index (χ1n) is 14.5. The molecule has 0 saturated heterocycles. The van der Waals surface area contributed by atoms with Gasteiger partial charge in [-0.25, -0.2) is 9.59 Å². The van der Waals surface area contributed by atoms with Crippen molar-refractivity contribution in [1.82, 2.24) is 0 Å². The van der Waals surface area contributed by atoms with Crippen LogP contribution in [0.15, 0.2) is 77.9 Å². The van der Waals surface area contributed by atoms with Crippen molar-refractivity contribution in [2.75, 3.05) is 0 Å². The van der Waals surface area contributed by atoms with Gasteiger partial charge >= 0.3 is 11.9 Å². The SMILES string of the molecule is C[C@H]1CC=CCc2cccc(O[Si](C)(C)C(C)(C)C)c2C(=O)OC(CC=CC(=O)N=[N+]=[N-])C[C@H]1OC(=O)c1ccccc1. The smallest absolute Gasteiger partial charge is 0.342 e.